The maximum absolute atomic E-state index is 12.2. The van der Waals surface area contributed by atoms with E-state index in [1.54, 1.807) is 0 Å². The molecule has 0 fully saturated rings. The Bertz CT molecular complexity index is 269. The van der Waals surface area contributed by atoms with E-state index in [1.165, 1.54) is 6.92 Å². The SMILES string of the molecule is CC(=O)CC(NC(C)(C)C)C(=O)C(C)(C)C. The predicted octanol–water partition coefficient (Wildman–Crippen LogP) is 2.34. The van der Waals surface area contributed by atoms with Crippen LogP contribution in [0.4, 0.5) is 0 Å². The highest BCUT2D eigenvalue weighted by atomic mass is 16.1. The van der Waals surface area contributed by atoms with Gasteiger partial charge >= 0.3 is 0 Å². The van der Waals surface area contributed by atoms with E-state index in [4.69, 9.17) is 0 Å². The zero-order valence-electron chi connectivity index (χ0n) is 11.6. The number of ketones is 2. The fourth-order valence-electron chi connectivity index (χ4n) is 1.54. The number of rotatable bonds is 4. The molecule has 0 saturated heterocycles. The van der Waals surface area contributed by atoms with Crippen molar-refractivity contribution < 1.29 is 9.59 Å². The summed E-state index contributed by atoms with van der Waals surface area (Å²) in [5.74, 6) is 0.136. The van der Waals surface area contributed by atoms with E-state index in [2.05, 4.69) is 5.32 Å². The first-order valence-electron chi connectivity index (χ1n) is 5.75. The van der Waals surface area contributed by atoms with Crippen LogP contribution in [0.5, 0.6) is 0 Å². The third-order valence-electron chi connectivity index (χ3n) is 2.15. The Labute approximate surface area is 99.0 Å². The molecule has 0 radical (unpaired) electrons. The van der Waals surface area contributed by atoms with Gasteiger partial charge < -0.3 is 5.32 Å². The zero-order chi connectivity index (χ0) is 13.1. The molecule has 94 valence electrons. The van der Waals surface area contributed by atoms with Crippen molar-refractivity contribution in [2.45, 2.75) is 66.5 Å². The number of carbonyl (C=O) groups is 2. The van der Waals surface area contributed by atoms with Gasteiger partial charge in [0, 0.05) is 17.4 Å². The summed E-state index contributed by atoms with van der Waals surface area (Å²) >= 11 is 0. The molecule has 0 aromatic carbocycles. The van der Waals surface area contributed by atoms with E-state index in [1.807, 2.05) is 41.5 Å². The average molecular weight is 227 g/mol. The lowest BCUT2D eigenvalue weighted by Crippen LogP contribution is -2.51. The molecule has 0 aliphatic heterocycles. The number of Topliss-reactive ketones (excluding diaryl/α,β-unsaturated/α-hetero) is 2. The van der Waals surface area contributed by atoms with Crippen molar-refractivity contribution in [3.05, 3.63) is 0 Å². The third kappa shape index (κ3) is 6.01. The molecule has 16 heavy (non-hydrogen) atoms. The lowest BCUT2D eigenvalue weighted by atomic mass is 9.84. The normalized spacial score (nSPS) is 14.7. The Morgan fingerprint density at radius 2 is 1.50 bits per heavy atom. The smallest absolute Gasteiger partial charge is 0.155 e. The van der Waals surface area contributed by atoms with Crippen LogP contribution in [0.2, 0.25) is 0 Å². The Kier molecular flexibility index (Phi) is 4.86. The van der Waals surface area contributed by atoms with Crippen LogP contribution in [-0.4, -0.2) is 23.1 Å². The van der Waals surface area contributed by atoms with Crippen LogP contribution < -0.4 is 5.32 Å². The van der Waals surface area contributed by atoms with Crippen LogP contribution in [0.15, 0.2) is 0 Å². The molecule has 0 aliphatic carbocycles. The molecule has 0 spiro atoms. The summed E-state index contributed by atoms with van der Waals surface area (Å²) in [7, 11) is 0. The van der Waals surface area contributed by atoms with Gasteiger partial charge in [0.05, 0.1) is 6.04 Å². The Balaban J connectivity index is 4.81. The van der Waals surface area contributed by atoms with Crippen LogP contribution >= 0.6 is 0 Å². The van der Waals surface area contributed by atoms with Crippen molar-refractivity contribution in [1.82, 2.24) is 5.32 Å². The second kappa shape index (κ2) is 5.09. The van der Waals surface area contributed by atoms with E-state index >= 15 is 0 Å². The Morgan fingerprint density at radius 3 is 1.75 bits per heavy atom. The summed E-state index contributed by atoms with van der Waals surface area (Å²) in [4.78, 5) is 23.3. The molecule has 0 aromatic heterocycles. The molecule has 0 aromatic rings. The van der Waals surface area contributed by atoms with Gasteiger partial charge in [-0.15, -0.1) is 0 Å². The quantitative estimate of drug-likeness (QED) is 0.802. The van der Waals surface area contributed by atoms with Crippen molar-refractivity contribution >= 4 is 11.6 Å². The summed E-state index contributed by atoms with van der Waals surface area (Å²) in [6.45, 7) is 13.2. The zero-order valence-corrected chi connectivity index (χ0v) is 11.6. The minimum Gasteiger partial charge on any atom is -0.302 e. The monoisotopic (exact) mass is 227 g/mol. The molecule has 3 nitrogen and oxygen atoms in total. The summed E-state index contributed by atoms with van der Waals surface area (Å²) < 4.78 is 0. The van der Waals surface area contributed by atoms with Gasteiger partial charge in [0.2, 0.25) is 0 Å². The highest BCUT2D eigenvalue weighted by Gasteiger charge is 2.32. The van der Waals surface area contributed by atoms with Gasteiger partial charge in [0.1, 0.15) is 5.78 Å². The molecule has 0 bridgehead atoms. The largest absolute Gasteiger partial charge is 0.302 e. The summed E-state index contributed by atoms with van der Waals surface area (Å²) in [5, 5.41) is 3.22. The number of nitrogens with one attached hydrogen (secondary N) is 1. The van der Waals surface area contributed by atoms with Gasteiger partial charge in [-0.3, -0.25) is 9.59 Å². The first-order chi connectivity index (χ1) is 6.93. The topological polar surface area (TPSA) is 46.2 Å². The molecule has 0 aliphatic rings. The van der Waals surface area contributed by atoms with Crippen LogP contribution in [0.1, 0.15) is 54.9 Å². The van der Waals surface area contributed by atoms with Gasteiger partial charge in [0.15, 0.2) is 5.78 Å². The fraction of sp³-hybridized carbons (Fsp3) is 0.846. The highest BCUT2D eigenvalue weighted by molar-refractivity contribution is 5.92. The first kappa shape index (κ1) is 15.3. The number of hydrogen-bond donors (Lipinski definition) is 1. The van der Waals surface area contributed by atoms with Crippen molar-refractivity contribution in [3.63, 3.8) is 0 Å². The molecule has 3 heteroatoms. The molecule has 1 atom stereocenters. The van der Waals surface area contributed by atoms with Gasteiger partial charge in [-0.1, -0.05) is 20.8 Å². The minimum absolute atomic E-state index is 0.0411. The van der Waals surface area contributed by atoms with Crippen molar-refractivity contribution in [1.29, 1.82) is 0 Å². The second-order valence-corrected chi connectivity index (χ2v) is 6.47. The van der Waals surface area contributed by atoms with E-state index < -0.39 is 5.41 Å². The van der Waals surface area contributed by atoms with Gasteiger partial charge in [-0.05, 0) is 27.7 Å². The summed E-state index contributed by atoms with van der Waals surface area (Å²) in [6.07, 6.45) is 0.271. The van der Waals surface area contributed by atoms with Gasteiger partial charge in [-0.25, -0.2) is 0 Å². The minimum atomic E-state index is -0.418. The van der Waals surface area contributed by atoms with Crippen molar-refractivity contribution in [2.24, 2.45) is 5.41 Å². The fourth-order valence-corrected chi connectivity index (χ4v) is 1.54. The third-order valence-corrected chi connectivity index (χ3v) is 2.15. The van der Waals surface area contributed by atoms with Crippen molar-refractivity contribution in [2.75, 3.05) is 0 Å². The molecule has 0 amide bonds. The van der Waals surface area contributed by atoms with Crippen LogP contribution in [0.25, 0.3) is 0 Å². The van der Waals surface area contributed by atoms with E-state index in [-0.39, 0.29) is 29.6 Å². The van der Waals surface area contributed by atoms with Gasteiger partial charge in [-0.2, -0.15) is 0 Å². The van der Waals surface area contributed by atoms with Crippen LogP contribution in [-0.2, 0) is 9.59 Å². The maximum atomic E-state index is 12.2. The molecular weight excluding hydrogens is 202 g/mol. The molecule has 0 rings (SSSR count). The van der Waals surface area contributed by atoms with Crippen LogP contribution in [0.3, 0.4) is 0 Å². The Morgan fingerprint density at radius 1 is 1.06 bits per heavy atom. The van der Waals surface area contributed by atoms with Gasteiger partial charge in [0.25, 0.3) is 0 Å². The van der Waals surface area contributed by atoms with Crippen LogP contribution in [0, 0.1) is 5.41 Å². The standard InChI is InChI=1S/C13H25NO2/c1-9(15)8-10(14-13(5,6)7)11(16)12(2,3)4/h10,14H,8H2,1-7H3. The molecule has 0 saturated carbocycles. The Hall–Kier alpha value is -0.700. The number of hydrogen-bond acceptors (Lipinski definition) is 3. The van der Waals surface area contributed by atoms with E-state index in [9.17, 15) is 9.59 Å². The highest BCUT2D eigenvalue weighted by Crippen LogP contribution is 2.20. The van der Waals surface area contributed by atoms with E-state index in [0.717, 1.165) is 0 Å². The lowest BCUT2D eigenvalue weighted by molar-refractivity contribution is -0.131. The van der Waals surface area contributed by atoms with Crippen molar-refractivity contribution in [3.8, 4) is 0 Å². The second-order valence-electron chi connectivity index (χ2n) is 6.47. The molecule has 0 heterocycles. The molecular formula is C13H25NO2. The van der Waals surface area contributed by atoms with E-state index in [0.29, 0.717) is 0 Å². The predicted molar refractivity (Wildman–Crippen MR) is 66.4 cm³/mol. The first-order valence-corrected chi connectivity index (χ1v) is 5.75. The maximum Gasteiger partial charge on any atom is 0.155 e. The summed E-state index contributed by atoms with van der Waals surface area (Å²) in [5.41, 5.74) is -0.584. The average Bonchev–Trinajstić information content (AvgIpc) is 1.96. The molecule has 1 unspecified atom stereocenters. The number of carbonyl (C=O) groups excluding carboxylic acids is 2. The molecule has 1 N–H and O–H groups in total. The summed E-state index contributed by atoms with van der Waals surface area (Å²) in [6, 6.07) is -0.377. The lowest BCUT2D eigenvalue weighted by Gasteiger charge is -2.31.